The number of hydrogen-bond donors (Lipinski definition) is 2. The Morgan fingerprint density at radius 3 is 2.47 bits per heavy atom. The molecule has 0 aliphatic heterocycles. The van der Waals surface area contributed by atoms with Gasteiger partial charge in [0.05, 0.1) is 6.61 Å². The molecule has 0 aliphatic rings. The highest BCUT2D eigenvalue weighted by molar-refractivity contribution is 8.07. The molecule has 1 unspecified atom stereocenters. The number of para-hydroxylation sites is 1. The minimum Gasteiger partial charge on any atom is -0.344 e. The molecule has 0 saturated heterocycles. The molecule has 19 heavy (non-hydrogen) atoms. The van der Waals surface area contributed by atoms with Crippen molar-refractivity contribution in [1.29, 1.82) is 0 Å². The fourth-order valence-corrected chi connectivity index (χ4v) is 2.38. The van der Waals surface area contributed by atoms with E-state index in [1.54, 1.807) is 26.1 Å². The van der Waals surface area contributed by atoms with Crippen molar-refractivity contribution in [3.05, 3.63) is 30.3 Å². The Morgan fingerprint density at radius 1 is 1.37 bits per heavy atom. The van der Waals surface area contributed by atoms with E-state index in [9.17, 15) is 9.69 Å². The zero-order valence-corrected chi connectivity index (χ0v) is 12.7. The van der Waals surface area contributed by atoms with Crippen molar-refractivity contribution in [3.63, 3.8) is 0 Å². The Hall–Kier alpha value is -0.820. The molecule has 0 fully saturated rings. The van der Waals surface area contributed by atoms with Gasteiger partial charge in [-0.05, 0) is 30.9 Å². The molecule has 0 aliphatic carbocycles. The Morgan fingerprint density at radius 2 is 1.95 bits per heavy atom. The summed E-state index contributed by atoms with van der Waals surface area (Å²) in [6.45, 7) is -1.66. The van der Waals surface area contributed by atoms with Crippen LogP contribution in [0.25, 0.3) is 0 Å². The molecular weight excluding hydrogens is 287 g/mol. The standard InChI is InChI=1S/C11H16NO4PS.H3N/c1-3-15-17(14,18)16-9-11(13)12(2)10-7-5-4-6-8-10;/h4-8H,3,9H2,1-2H3,(H,14,18);1H3. The predicted octanol–water partition coefficient (Wildman–Crippen LogP) is 2.08. The maximum Gasteiger partial charge on any atom is 0.325 e. The first-order chi connectivity index (χ1) is 8.46. The van der Waals surface area contributed by atoms with Gasteiger partial charge in [-0.1, -0.05) is 18.2 Å². The van der Waals surface area contributed by atoms with Crippen molar-refractivity contribution in [3.8, 4) is 0 Å². The fraction of sp³-hybridized carbons (Fsp3) is 0.364. The van der Waals surface area contributed by atoms with Gasteiger partial charge in [-0.2, -0.15) is 0 Å². The molecule has 1 amide bonds. The highest BCUT2D eigenvalue weighted by atomic mass is 32.5. The summed E-state index contributed by atoms with van der Waals surface area (Å²) in [6, 6.07) is 9.12. The molecule has 0 aromatic heterocycles. The Kier molecular flexibility index (Phi) is 8.01. The van der Waals surface area contributed by atoms with Crippen molar-refractivity contribution < 1.29 is 18.7 Å². The van der Waals surface area contributed by atoms with E-state index < -0.39 is 6.72 Å². The van der Waals surface area contributed by atoms with Crippen LogP contribution in [0.1, 0.15) is 6.92 Å². The average molecular weight is 306 g/mol. The summed E-state index contributed by atoms with van der Waals surface area (Å²) in [6.07, 6.45) is 0. The zero-order valence-electron chi connectivity index (χ0n) is 11.0. The predicted molar refractivity (Wildman–Crippen MR) is 79.0 cm³/mol. The van der Waals surface area contributed by atoms with Crippen LogP contribution >= 0.6 is 6.72 Å². The minimum absolute atomic E-state index is 0. The topological polar surface area (TPSA) is 94.0 Å². The second kappa shape index (κ2) is 8.37. The van der Waals surface area contributed by atoms with Crippen LogP contribution < -0.4 is 11.1 Å². The van der Waals surface area contributed by atoms with Crippen LogP contribution in [0.2, 0.25) is 0 Å². The maximum absolute atomic E-state index is 11.8. The summed E-state index contributed by atoms with van der Waals surface area (Å²) >= 11 is 4.72. The molecule has 1 rings (SSSR count). The van der Waals surface area contributed by atoms with E-state index in [2.05, 4.69) is 0 Å². The van der Waals surface area contributed by atoms with Crippen LogP contribution in [0.3, 0.4) is 0 Å². The van der Waals surface area contributed by atoms with Crippen LogP contribution in [-0.2, 0) is 25.6 Å². The molecule has 0 saturated carbocycles. The van der Waals surface area contributed by atoms with E-state index in [0.29, 0.717) is 0 Å². The highest BCUT2D eigenvalue weighted by Gasteiger charge is 2.18. The van der Waals surface area contributed by atoms with Crippen LogP contribution in [0.4, 0.5) is 5.69 Å². The minimum atomic E-state index is -3.29. The van der Waals surface area contributed by atoms with Gasteiger partial charge in [-0.25, -0.2) is 0 Å². The molecule has 1 aromatic rings. The van der Waals surface area contributed by atoms with Crippen molar-refractivity contribution >= 4 is 30.1 Å². The third-order valence-corrected chi connectivity index (χ3v) is 3.83. The first-order valence-electron chi connectivity index (χ1n) is 5.39. The van der Waals surface area contributed by atoms with Gasteiger partial charge in [0.15, 0.2) is 0 Å². The van der Waals surface area contributed by atoms with Gasteiger partial charge in [0, 0.05) is 12.7 Å². The largest absolute Gasteiger partial charge is 0.344 e. The zero-order chi connectivity index (χ0) is 13.6. The number of rotatable bonds is 6. The molecule has 4 N–H and O–H groups in total. The first-order valence-corrected chi connectivity index (χ1v) is 7.99. The lowest BCUT2D eigenvalue weighted by atomic mass is 10.3. The van der Waals surface area contributed by atoms with E-state index in [1.165, 1.54) is 4.90 Å². The number of amides is 1. The number of anilines is 1. The number of hydrogen-bond acceptors (Lipinski definition) is 5. The maximum atomic E-state index is 11.8. The summed E-state index contributed by atoms with van der Waals surface area (Å²) in [5, 5.41) is 0. The summed E-state index contributed by atoms with van der Waals surface area (Å²) in [5.74, 6) is -0.302. The molecule has 1 atom stereocenters. The SMILES string of the molecule is CCOP(O)(=S)OCC(=O)N(C)c1ccccc1.N. The molecular formula is C11H19N2O4PS. The average Bonchev–Trinajstić information content (AvgIpc) is 2.36. The number of likely N-dealkylation sites (N-methyl/N-ethyl adjacent to an activating group) is 1. The molecule has 8 heteroatoms. The number of carbonyl (C=O) groups excluding carboxylic acids is 1. The van der Waals surface area contributed by atoms with E-state index in [1.807, 2.05) is 18.2 Å². The highest BCUT2D eigenvalue weighted by Crippen LogP contribution is 2.43. The second-order valence-electron chi connectivity index (χ2n) is 3.45. The van der Waals surface area contributed by atoms with Gasteiger partial charge >= 0.3 is 6.72 Å². The van der Waals surface area contributed by atoms with E-state index >= 15 is 0 Å². The lowest BCUT2D eigenvalue weighted by Gasteiger charge is -2.19. The summed E-state index contributed by atoms with van der Waals surface area (Å²) < 4.78 is 9.80. The van der Waals surface area contributed by atoms with Crippen molar-refractivity contribution in [2.24, 2.45) is 0 Å². The van der Waals surface area contributed by atoms with Crippen molar-refractivity contribution in [2.75, 3.05) is 25.2 Å². The molecule has 1 aromatic carbocycles. The van der Waals surface area contributed by atoms with E-state index in [0.717, 1.165) is 5.69 Å². The molecule has 108 valence electrons. The molecule has 0 radical (unpaired) electrons. The first kappa shape index (κ1) is 18.2. The van der Waals surface area contributed by atoms with E-state index in [-0.39, 0.29) is 25.3 Å². The number of nitrogens with zero attached hydrogens (tertiary/aromatic N) is 1. The summed E-state index contributed by atoms with van der Waals surface area (Å²) in [7, 11) is 1.63. The van der Waals surface area contributed by atoms with Gasteiger partial charge in [0.1, 0.15) is 6.61 Å². The summed E-state index contributed by atoms with van der Waals surface area (Å²) in [4.78, 5) is 22.8. The molecule has 0 bridgehead atoms. The quantitative estimate of drug-likeness (QED) is 0.781. The number of carbonyl (C=O) groups is 1. The lowest BCUT2D eigenvalue weighted by Crippen LogP contribution is -2.29. The molecule has 6 nitrogen and oxygen atoms in total. The second-order valence-corrected chi connectivity index (χ2v) is 6.29. The van der Waals surface area contributed by atoms with Gasteiger partial charge in [-0.3, -0.25) is 9.32 Å². The smallest absolute Gasteiger partial charge is 0.325 e. The lowest BCUT2D eigenvalue weighted by molar-refractivity contribution is -0.120. The third-order valence-electron chi connectivity index (χ3n) is 2.16. The summed E-state index contributed by atoms with van der Waals surface area (Å²) in [5.41, 5.74) is 0.744. The Bertz CT molecular complexity index is 444. The van der Waals surface area contributed by atoms with Crippen LogP contribution in [0, 0.1) is 0 Å². The van der Waals surface area contributed by atoms with Gasteiger partial charge in [0.2, 0.25) is 0 Å². The van der Waals surface area contributed by atoms with Crippen LogP contribution in [0.15, 0.2) is 30.3 Å². The molecule has 0 heterocycles. The van der Waals surface area contributed by atoms with E-state index in [4.69, 9.17) is 20.9 Å². The third kappa shape index (κ3) is 6.24. The van der Waals surface area contributed by atoms with Gasteiger partial charge < -0.3 is 20.5 Å². The van der Waals surface area contributed by atoms with Crippen LogP contribution in [0.5, 0.6) is 0 Å². The molecule has 0 spiro atoms. The van der Waals surface area contributed by atoms with Crippen molar-refractivity contribution in [1.82, 2.24) is 6.15 Å². The normalized spacial score (nSPS) is 13.2. The Labute approximate surface area is 118 Å². The fourth-order valence-electron chi connectivity index (χ4n) is 1.23. The van der Waals surface area contributed by atoms with Gasteiger partial charge in [-0.15, -0.1) is 0 Å². The monoisotopic (exact) mass is 306 g/mol. The van der Waals surface area contributed by atoms with Gasteiger partial charge in [0.25, 0.3) is 5.91 Å². The van der Waals surface area contributed by atoms with Crippen molar-refractivity contribution in [2.45, 2.75) is 6.92 Å². The number of benzene rings is 1. The van der Waals surface area contributed by atoms with Crippen LogP contribution in [-0.4, -0.2) is 31.1 Å². The Balaban J connectivity index is 0.00000324.